The van der Waals surface area contributed by atoms with Gasteiger partial charge in [0, 0.05) is 12.4 Å². The minimum Gasteiger partial charge on any atom is -0.303 e. The molecule has 0 N–H and O–H groups in total. The lowest BCUT2D eigenvalue weighted by Gasteiger charge is -1.99. The Labute approximate surface area is 97.1 Å². The SMILES string of the molecule is Cn1ncc2c1ncc1cc3ccccc3n12. The van der Waals surface area contributed by atoms with Crippen LogP contribution in [0.1, 0.15) is 0 Å². The number of aromatic nitrogens is 4. The lowest BCUT2D eigenvalue weighted by atomic mass is 10.2. The number of hydrogen-bond donors (Lipinski definition) is 0. The van der Waals surface area contributed by atoms with Gasteiger partial charge in [-0.15, -0.1) is 0 Å². The zero-order chi connectivity index (χ0) is 11.4. The quantitative estimate of drug-likeness (QED) is 0.458. The maximum absolute atomic E-state index is 4.44. The molecule has 0 radical (unpaired) electrons. The Morgan fingerprint density at radius 1 is 1.06 bits per heavy atom. The van der Waals surface area contributed by atoms with Crippen molar-refractivity contribution in [1.29, 1.82) is 0 Å². The van der Waals surface area contributed by atoms with Crippen LogP contribution >= 0.6 is 0 Å². The molecule has 4 heteroatoms. The largest absolute Gasteiger partial charge is 0.303 e. The molecule has 0 aliphatic rings. The highest BCUT2D eigenvalue weighted by atomic mass is 15.3. The second-order valence-electron chi connectivity index (χ2n) is 4.20. The van der Waals surface area contributed by atoms with E-state index in [0.29, 0.717) is 0 Å². The first-order valence-electron chi connectivity index (χ1n) is 5.51. The molecule has 3 aromatic heterocycles. The van der Waals surface area contributed by atoms with Crippen LogP contribution < -0.4 is 0 Å². The normalized spacial score (nSPS) is 11.8. The minimum atomic E-state index is 0.902. The van der Waals surface area contributed by atoms with E-state index >= 15 is 0 Å². The van der Waals surface area contributed by atoms with E-state index in [2.05, 4.69) is 44.8 Å². The Morgan fingerprint density at radius 3 is 2.88 bits per heavy atom. The fourth-order valence-corrected chi connectivity index (χ4v) is 2.39. The van der Waals surface area contributed by atoms with E-state index in [0.717, 1.165) is 16.7 Å². The number of benzene rings is 1. The van der Waals surface area contributed by atoms with Crippen molar-refractivity contribution in [2.24, 2.45) is 7.05 Å². The average molecular weight is 222 g/mol. The van der Waals surface area contributed by atoms with E-state index in [4.69, 9.17) is 0 Å². The fourth-order valence-electron chi connectivity index (χ4n) is 2.39. The summed E-state index contributed by atoms with van der Waals surface area (Å²) in [5.41, 5.74) is 4.25. The summed E-state index contributed by atoms with van der Waals surface area (Å²) in [6.45, 7) is 0. The lowest BCUT2D eigenvalue weighted by molar-refractivity contribution is 0.786. The van der Waals surface area contributed by atoms with Gasteiger partial charge in [0.25, 0.3) is 0 Å². The van der Waals surface area contributed by atoms with Crippen LogP contribution in [-0.4, -0.2) is 19.2 Å². The van der Waals surface area contributed by atoms with Gasteiger partial charge in [-0.1, -0.05) is 18.2 Å². The van der Waals surface area contributed by atoms with Crippen LogP contribution in [0, 0.1) is 0 Å². The molecule has 4 aromatic rings. The molecule has 0 unspecified atom stereocenters. The number of aryl methyl sites for hydroxylation is 1. The first kappa shape index (κ1) is 8.75. The zero-order valence-electron chi connectivity index (χ0n) is 9.33. The van der Waals surface area contributed by atoms with Crippen molar-refractivity contribution >= 4 is 27.6 Å². The Morgan fingerprint density at radius 2 is 1.94 bits per heavy atom. The third-order valence-electron chi connectivity index (χ3n) is 3.19. The van der Waals surface area contributed by atoms with Crippen LogP contribution in [0.25, 0.3) is 27.6 Å². The maximum atomic E-state index is 4.44. The van der Waals surface area contributed by atoms with Gasteiger partial charge in [0.15, 0.2) is 5.65 Å². The van der Waals surface area contributed by atoms with Crippen LogP contribution in [0.4, 0.5) is 0 Å². The Bertz CT molecular complexity index is 854. The molecule has 0 aliphatic carbocycles. The fraction of sp³-hybridized carbons (Fsp3) is 0.0769. The molecule has 0 fully saturated rings. The summed E-state index contributed by atoms with van der Waals surface area (Å²) < 4.78 is 3.99. The number of para-hydroxylation sites is 1. The smallest absolute Gasteiger partial charge is 0.174 e. The van der Waals surface area contributed by atoms with Gasteiger partial charge < -0.3 is 4.40 Å². The van der Waals surface area contributed by atoms with Gasteiger partial charge in [0.05, 0.1) is 23.4 Å². The average Bonchev–Trinajstić information content (AvgIpc) is 2.90. The van der Waals surface area contributed by atoms with Crippen LogP contribution in [0.5, 0.6) is 0 Å². The van der Waals surface area contributed by atoms with E-state index in [1.807, 2.05) is 19.4 Å². The van der Waals surface area contributed by atoms with Crippen molar-refractivity contribution in [3.05, 3.63) is 42.7 Å². The first-order valence-corrected chi connectivity index (χ1v) is 5.51. The van der Waals surface area contributed by atoms with Crippen LogP contribution in [0.2, 0.25) is 0 Å². The Balaban J connectivity index is 2.38. The predicted octanol–water partition coefficient (Wildman–Crippen LogP) is 2.37. The molecular weight excluding hydrogens is 212 g/mol. The topological polar surface area (TPSA) is 35.1 Å². The molecule has 3 heterocycles. The molecule has 17 heavy (non-hydrogen) atoms. The second kappa shape index (κ2) is 2.85. The highest BCUT2D eigenvalue weighted by Gasteiger charge is 2.08. The van der Waals surface area contributed by atoms with Crippen molar-refractivity contribution in [2.75, 3.05) is 0 Å². The molecule has 82 valence electrons. The second-order valence-corrected chi connectivity index (χ2v) is 4.20. The molecule has 0 spiro atoms. The number of fused-ring (bicyclic) bond motifs is 5. The summed E-state index contributed by atoms with van der Waals surface area (Å²) >= 11 is 0. The van der Waals surface area contributed by atoms with Crippen LogP contribution in [-0.2, 0) is 7.05 Å². The van der Waals surface area contributed by atoms with Crippen molar-refractivity contribution in [2.45, 2.75) is 0 Å². The molecule has 0 bridgehead atoms. The summed E-state index contributed by atoms with van der Waals surface area (Å²) in [6.07, 6.45) is 3.76. The lowest BCUT2D eigenvalue weighted by Crippen LogP contribution is -1.93. The monoisotopic (exact) mass is 222 g/mol. The van der Waals surface area contributed by atoms with Gasteiger partial charge >= 0.3 is 0 Å². The standard InChI is InChI=1S/C13H10N4/c1-16-13-12(8-15-16)17-10(7-14-13)6-9-4-2-3-5-11(9)17/h2-8H,1H3. The van der Waals surface area contributed by atoms with Crippen molar-refractivity contribution < 1.29 is 0 Å². The Hall–Kier alpha value is -2.36. The minimum absolute atomic E-state index is 0.902. The molecule has 0 amide bonds. The molecule has 4 nitrogen and oxygen atoms in total. The Kier molecular flexibility index (Phi) is 1.47. The summed E-state index contributed by atoms with van der Waals surface area (Å²) in [5.74, 6) is 0. The van der Waals surface area contributed by atoms with Crippen LogP contribution in [0.3, 0.4) is 0 Å². The predicted molar refractivity (Wildman–Crippen MR) is 67.0 cm³/mol. The molecule has 0 aliphatic heterocycles. The van der Waals surface area contributed by atoms with E-state index in [9.17, 15) is 0 Å². The van der Waals surface area contributed by atoms with E-state index in [1.165, 1.54) is 10.9 Å². The number of rotatable bonds is 0. The molecule has 1 aromatic carbocycles. The van der Waals surface area contributed by atoms with E-state index in [1.54, 1.807) is 4.68 Å². The third kappa shape index (κ3) is 1.02. The number of nitrogens with zero attached hydrogens (tertiary/aromatic N) is 4. The van der Waals surface area contributed by atoms with Gasteiger partial charge in [-0.3, -0.25) is 0 Å². The van der Waals surface area contributed by atoms with Crippen molar-refractivity contribution in [3.63, 3.8) is 0 Å². The van der Waals surface area contributed by atoms with E-state index < -0.39 is 0 Å². The van der Waals surface area contributed by atoms with E-state index in [-0.39, 0.29) is 0 Å². The highest BCUT2D eigenvalue weighted by Crippen LogP contribution is 2.23. The van der Waals surface area contributed by atoms with Gasteiger partial charge in [0.2, 0.25) is 0 Å². The van der Waals surface area contributed by atoms with Crippen molar-refractivity contribution in [1.82, 2.24) is 19.2 Å². The first-order chi connectivity index (χ1) is 8.34. The van der Waals surface area contributed by atoms with Crippen molar-refractivity contribution in [3.8, 4) is 0 Å². The number of hydrogen-bond acceptors (Lipinski definition) is 2. The third-order valence-corrected chi connectivity index (χ3v) is 3.19. The van der Waals surface area contributed by atoms with Gasteiger partial charge in [-0.2, -0.15) is 5.10 Å². The zero-order valence-corrected chi connectivity index (χ0v) is 9.33. The molecule has 4 rings (SSSR count). The van der Waals surface area contributed by atoms with Gasteiger partial charge in [0.1, 0.15) is 5.52 Å². The summed E-state index contributed by atoms with van der Waals surface area (Å²) in [4.78, 5) is 4.44. The van der Waals surface area contributed by atoms with Crippen LogP contribution in [0.15, 0.2) is 42.7 Å². The van der Waals surface area contributed by atoms with Gasteiger partial charge in [-0.25, -0.2) is 9.67 Å². The molecular formula is C13H10N4. The molecule has 0 saturated heterocycles. The van der Waals surface area contributed by atoms with Gasteiger partial charge in [-0.05, 0) is 12.1 Å². The highest BCUT2D eigenvalue weighted by molar-refractivity contribution is 5.91. The summed E-state index contributed by atoms with van der Waals surface area (Å²) in [6, 6.07) is 10.5. The molecule has 0 atom stereocenters. The maximum Gasteiger partial charge on any atom is 0.174 e. The molecule has 0 saturated carbocycles. The summed E-state index contributed by atoms with van der Waals surface area (Å²) in [7, 11) is 1.91. The summed E-state index contributed by atoms with van der Waals surface area (Å²) in [5, 5.41) is 5.49.